The normalized spacial score (nSPS) is 27.5. The van der Waals surface area contributed by atoms with Gasteiger partial charge in [0.25, 0.3) is 0 Å². The van der Waals surface area contributed by atoms with Gasteiger partial charge < -0.3 is 0 Å². The summed E-state index contributed by atoms with van der Waals surface area (Å²) in [7, 11) is 0. The molecule has 1 saturated carbocycles. The summed E-state index contributed by atoms with van der Waals surface area (Å²) in [5, 5.41) is 0. The van der Waals surface area contributed by atoms with Crippen LogP contribution in [0.2, 0.25) is 0 Å². The quantitative estimate of drug-likeness (QED) is 0.558. The molecular weight excluding hydrogens is 168 g/mol. The van der Waals surface area contributed by atoms with Crippen molar-refractivity contribution < 1.29 is 0 Å². The van der Waals surface area contributed by atoms with Gasteiger partial charge in [-0.3, -0.25) is 0 Å². The molecule has 82 valence electrons. The molecule has 1 aliphatic carbocycles. The van der Waals surface area contributed by atoms with E-state index in [1.165, 1.54) is 25.7 Å². The van der Waals surface area contributed by atoms with E-state index in [4.69, 9.17) is 0 Å². The van der Waals surface area contributed by atoms with E-state index in [0.29, 0.717) is 5.41 Å². The average molecular weight is 194 g/mol. The first kappa shape index (κ1) is 11.8. The molecule has 0 heterocycles. The Morgan fingerprint density at radius 1 is 1.36 bits per heavy atom. The van der Waals surface area contributed by atoms with Crippen LogP contribution in [-0.2, 0) is 0 Å². The third-order valence-electron chi connectivity index (χ3n) is 3.98. The van der Waals surface area contributed by atoms with Crippen LogP contribution >= 0.6 is 0 Å². The number of hydrogen-bond donors (Lipinski definition) is 0. The first-order chi connectivity index (χ1) is 6.45. The second-order valence-electron chi connectivity index (χ2n) is 6.09. The fourth-order valence-electron chi connectivity index (χ4n) is 2.36. The average Bonchev–Trinajstić information content (AvgIpc) is 1.99. The Labute approximate surface area is 89.8 Å². The lowest BCUT2D eigenvalue weighted by Crippen LogP contribution is -2.35. The lowest BCUT2D eigenvalue weighted by Gasteiger charge is -2.45. The predicted molar refractivity (Wildman–Crippen MR) is 64.3 cm³/mol. The highest BCUT2D eigenvalue weighted by Gasteiger charge is 2.38. The van der Waals surface area contributed by atoms with Gasteiger partial charge in [-0.25, -0.2) is 0 Å². The molecular formula is C14H26. The van der Waals surface area contributed by atoms with Gasteiger partial charge in [0.15, 0.2) is 0 Å². The Balaban J connectivity index is 2.31. The van der Waals surface area contributed by atoms with E-state index in [2.05, 4.69) is 40.3 Å². The van der Waals surface area contributed by atoms with Crippen molar-refractivity contribution in [2.75, 3.05) is 0 Å². The second-order valence-corrected chi connectivity index (χ2v) is 6.09. The molecule has 0 aromatic heterocycles. The van der Waals surface area contributed by atoms with Gasteiger partial charge in [0.05, 0.1) is 0 Å². The van der Waals surface area contributed by atoms with Crippen molar-refractivity contribution in [2.45, 2.75) is 53.4 Å². The Hall–Kier alpha value is -0.260. The molecule has 0 atom stereocenters. The molecule has 0 aliphatic heterocycles. The van der Waals surface area contributed by atoms with Crippen molar-refractivity contribution in [2.24, 2.45) is 23.2 Å². The van der Waals surface area contributed by atoms with Crippen molar-refractivity contribution >= 4 is 0 Å². The molecule has 0 heteroatoms. The summed E-state index contributed by atoms with van der Waals surface area (Å²) in [6.45, 7) is 13.4. The maximum absolute atomic E-state index is 3.87. The molecule has 0 nitrogen and oxygen atoms in total. The van der Waals surface area contributed by atoms with Crippen LogP contribution in [-0.4, -0.2) is 0 Å². The molecule has 0 N–H and O–H groups in total. The molecule has 0 bridgehead atoms. The smallest absolute Gasteiger partial charge is 0.0231 e. The summed E-state index contributed by atoms with van der Waals surface area (Å²) < 4.78 is 0. The van der Waals surface area contributed by atoms with Crippen LogP contribution in [0.3, 0.4) is 0 Å². The van der Waals surface area contributed by atoms with Crippen molar-refractivity contribution in [1.82, 2.24) is 0 Å². The largest absolute Gasteiger partial charge is 0.103 e. The zero-order chi connectivity index (χ0) is 10.8. The van der Waals surface area contributed by atoms with Gasteiger partial charge in [-0.1, -0.05) is 40.2 Å². The van der Waals surface area contributed by atoms with Gasteiger partial charge >= 0.3 is 0 Å². The summed E-state index contributed by atoms with van der Waals surface area (Å²) in [5.41, 5.74) is 0.559. The molecule has 14 heavy (non-hydrogen) atoms. The molecule has 1 fully saturated rings. The summed E-state index contributed by atoms with van der Waals surface area (Å²) in [4.78, 5) is 0. The highest BCUT2D eigenvalue weighted by molar-refractivity contribution is 4.96. The topological polar surface area (TPSA) is 0 Å². The van der Waals surface area contributed by atoms with Gasteiger partial charge in [0.1, 0.15) is 0 Å². The highest BCUT2D eigenvalue weighted by atomic mass is 14.4. The molecule has 1 aliphatic rings. The number of rotatable bonds is 5. The van der Waals surface area contributed by atoms with Gasteiger partial charge in [-0.2, -0.15) is 0 Å². The molecule has 0 aromatic carbocycles. The zero-order valence-electron chi connectivity index (χ0n) is 10.3. The third-order valence-corrected chi connectivity index (χ3v) is 3.98. The molecule has 0 unspecified atom stereocenters. The molecule has 0 aromatic rings. The SMILES string of the molecule is C=CC1CC(C(C)(C)CCC(C)C)C1. The fourth-order valence-corrected chi connectivity index (χ4v) is 2.36. The van der Waals surface area contributed by atoms with Crippen molar-refractivity contribution in [3.63, 3.8) is 0 Å². The van der Waals surface area contributed by atoms with Crippen molar-refractivity contribution in [3.8, 4) is 0 Å². The third kappa shape index (κ3) is 2.87. The maximum Gasteiger partial charge on any atom is -0.0231 e. The Bertz CT molecular complexity index is 182. The monoisotopic (exact) mass is 194 g/mol. The Morgan fingerprint density at radius 3 is 2.36 bits per heavy atom. The van der Waals surface area contributed by atoms with Crippen LogP contribution in [0, 0.1) is 23.2 Å². The predicted octanol–water partition coefficient (Wildman–Crippen LogP) is 4.66. The first-order valence-electron chi connectivity index (χ1n) is 6.08. The van der Waals surface area contributed by atoms with E-state index in [-0.39, 0.29) is 0 Å². The Kier molecular flexibility index (Phi) is 3.80. The van der Waals surface area contributed by atoms with E-state index in [9.17, 15) is 0 Å². The van der Waals surface area contributed by atoms with E-state index in [1.54, 1.807) is 0 Å². The molecule has 0 radical (unpaired) electrons. The van der Waals surface area contributed by atoms with Gasteiger partial charge in [0, 0.05) is 0 Å². The lowest BCUT2D eigenvalue weighted by molar-refractivity contribution is 0.0719. The summed E-state index contributed by atoms with van der Waals surface area (Å²) in [6.07, 6.45) is 7.67. The lowest BCUT2D eigenvalue weighted by atomic mass is 9.60. The van der Waals surface area contributed by atoms with Gasteiger partial charge in [-0.05, 0) is 42.4 Å². The first-order valence-corrected chi connectivity index (χ1v) is 6.08. The van der Waals surface area contributed by atoms with Crippen LogP contribution < -0.4 is 0 Å². The van der Waals surface area contributed by atoms with E-state index in [0.717, 1.165) is 17.8 Å². The molecule has 0 amide bonds. The van der Waals surface area contributed by atoms with E-state index >= 15 is 0 Å². The highest BCUT2D eigenvalue weighted by Crippen LogP contribution is 2.48. The van der Waals surface area contributed by atoms with Crippen LogP contribution in [0.15, 0.2) is 12.7 Å². The van der Waals surface area contributed by atoms with Crippen LogP contribution in [0.25, 0.3) is 0 Å². The zero-order valence-corrected chi connectivity index (χ0v) is 10.3. The van der Waals surface area contributed by atoms with Gasteiger partial charge in [-0.15, -0.1) is 6.58 Å². The van der Waals surface area contributed by atoms with Crippen molar-refractivity contribution in [3.05, 3.63) is 12.7 Å². The summed E-state index contributed by atoms with van der Waals surface area (Å²) in [6, 6.07) is 0. The molecule has 1 rings (SSSR count). The number of hydrogen-bond acceptors (Lipinski definition) is 0. The van der Waals surface area contributed by atoms with E-state index < -0.39 is 0 Å². The minimum absolute atomic E-state index is 0.559. The Morgan fingerprint density at radius 2 is 1.93 bits per heavy atom. The molecule has 0 saturated heterocycles. The fraction of sp³-hybridized carbons (Fsp3) is 0.857. The summed E-state index contributed by atoms with van der Waals surface area (Å²) >= 11 is 0. The van der Waals surface area contributed by atoms with Crippen LogP contribution in [0.4, 0.5) is 0 Å². The van der Waals surface area contributed by atoms with Crippen molar-refractivity contribution in [1.29, 1.82) is 0 Å². The number of allylic oxidation sites excluding steroid dienone is 1. The standard InChI is InChI=1S/C14H26/c1-6-12-9-13(10-12)14(4,5)8-7-11(2)3/h6,11-13H,1,7-10H2,2-5H3. The second kappa shape index (κ2) is 4.51. The van der Waals surface area contributed by atoms with E-state index in [1.807, 2.05) is 0 Å². The van der Waals surface area contributed by atoms with Gasteiger partial charge in [0.2, 0.25) is 0 Å². The minimum atomic E-state index is 0.559. The molecule has 0 spiro atoms. The summed E-state index contributed by atoms with van der Waals surface area (Å²) in [5.74, 6) is 2.62. The maximum atomic E-state index is 3.87. The van der Waals surface area contributed by atoms with Crippen LogP contribution in [0.5, 0.6) is 0 Å². The minimum Gasteiger partial charge on any atom is -0.103 e. The van der Waals surface area contributed by atoms with Crippen LogP contribution in [0.1, 0.15) is 53.4 Å².